The molecule has 0 bridgehead atoms. The van der Waals surface area contributed by atoms with E-state index in [9.17, 15) is 0 Å². The monoisotopic (exact) mass is 234 g/mol. The summed E-state index contributed by atoms with van der Waals surface area (Å²) in [6, 6.07) is 16.0. The molecule has 0 aliphatic rings. The molecule has 0 unspecified atom stereocenters. The third kappa shape index (κ3) is 1.27. The first-order chi connectivity index (χ1) is 8.92. The van der Waals surface area contributed by atoms with E-state index in [-0.39, 0.29) is 0 Å². The lowest BCUT2D eigenvalue weighted by molar-refractivity contribution is 0.583. The molecule has 1 N–H and O–H groups in total. The number of hydrogen-bond donors (Lipinski definition) is 1. The molecule has 0 atom stereocenters. The lowest BCUT2D eigenvalue weighted by Crippen LogP contribution is -1.77. The SMILES string of the molecule is c1ccc2c(-c3nc4ccccc4[nH]3)occ2c1. The van der Waals surface area contributed by atoms with Gasteiger partial charge in [-0.3, -0.25) is 0 Å². The van der Waals surface area contributed by atoms with Crippen molar-refractivity contribution in [2.75, 3.05) is 0 Å². The van der Waals surface area contributed by atoms with E-state index in [0.717, 1.165) is 33.4 Å². The van der Waals surface area contributed by atoms with E-state index in [2.05, 4.69) is 9.97 Å². The Morgan fingerprint density at radius 1 is 0.944 bits per heavy atom. The van der Waals surface area contributed by atoms with E-state index in [1.54, 1.807) is 6.26 Å². The van der Waals surface area contributed by atoms with Crippen molar-refractivity contribution in [2.24, 2.45) is 0 Å². The highest BCUT2D eigenvalue weighted by atomic mass is 16.3. The summed E-state index contributed by atoms with van der Waals surface area (Å²) in [4.78, 5) is 7.84. The van der Waals surface area contributed by atoms with Crippen LogP contribution in [0.1, 0.15) is 0 Å². The fourth-order valence-electron chi connectivity index (χ4n) is 2.24. The molecule has 0 fully saturated rings. The largest absolute Gasteiger partial charge is 0.460 e. The van der Waals surface area contributed by atoms with E-state index in [4.69, 9.17) is 4.42 Å². The van der Waals surface area contributed by atoms with Crippen LogP contribution in [-0.2, 0) is 0 Å². The Labute approximate surface area is 103 Å². The maximum absolute atomic E-state index is 5.64. The summed E-state index contributed by atoms with van der Waals surface area (Å²) in [6.07, 6.45) is 1.76. The average molecular weight is 234 g/mol. The summed E-state index contributed by atoms with van der Waals surface area (Å²) < 4.78 is 5.64. The van der Waals surface area contributed by atoms with Gasteiger partial charge in [-0.05, 0) is 12.1 Å². The lowest BCUT2D eigenvalue weighted by Gasteiger charge is -1.91. The minimum Gasteiger partial charge on any atom is -0.460 e. The maximum atomic E-state index is 5.64. The van der Waals surface area contributed by atoms with E-state index in [1.165, 1.54) is 0 Å². The van der Waals surface area contributed by atoms with Gasteiger partial charge >= 0.3 is 0 Å². The first-order valence-corrected chi connectivity index (χ1v) is 5.83. The lowest BCUT2D eigenvalue weighted by atomic mass is 10.2. The summed E-state index contributed by atoms with van der Waals surface area (Å²) in [5.41, 5.74) is 1.97. The van der Waals surface area contributed by atoms with Gasteiger partial charge < -0.3 is 9.40 Å². The second-order valence-electron chi connectivity index (χ2n) is 4.25. The predicted octanol–water partition coefficient (Wildman–Crippen LogP) is 3.98. The van der Waals surface area contributed by atoms with Crippen molar-refractivity contribution in [3.63, 3.8) is 0 Å². The Kier molecular flexibility index (Phi) is 1.83. The highest BCUT2D eigenvalue weighted by molar-refractivity contribution is 5.94. The van der Waals surface area contributed by atoms with Gasteiger partial charge in [0.15, 0.2) is 11.6 Å². The fourth-order valence-corrected chi connectivity index (χ4v) is 2.24. The van der Waals surface area contributed by atoms with Gasteiger partial charge in [0.25, 0.3) is 0 Å². The molecule has 3 nitrogen and oxygen atoms in total. The summed E-state index contributed by atoms with van der Waals surface area (Å²) >= 11 is 0. The summed E-state index contributed by atoms with van der Waals surface area (Å²) in [5.74, 6) is 1.57. The number of aromatic nitrogens is 2. The summed E-state index contributed by atoms with van der Waals surface area (Å²) in [6.45, 7) is 0. The van der Waals surface area contributed by atoms with E-state index >= 15 is 0 Å². The number of para-hydroxylation sites is 2. The van der Waals surface area contributed by atoms with Crippen molar-refractivity contribution in [3.8, 4) is 11.6 Å². The van der Waals surface area contributed by atoms with Gasteiger partial charge in [-0.1, -0.05) is 36.4 Å². The zero-order valence-corrected chi connectivity index (χ0v) is 9.55. The Morgan fingerprint density at radius 2 is 1.78 bits per heavy atom. The number of H-pyrrole nitrogens is 1. The van der Waals surface area contributed by atoms with Gasteiger partial charge in [-0.2, -0.15) is 0 Å². The number of rotatable bonds is 1. The predicted molar refractivity (Wildman–Crippen MR) is 71.3 cm³/mol. The number of imidazole rings is 1. The third-order valence-corrected chi connectivity index (χ3v) is 3.11. The van der Waals surface area contributed by atoms with Gasteiger partial charge in [0.2, 0.25) is 0 Å². The van der Waals surface area contributed by atoms with Gasteiger partial charge in [-0.15, -0.1) is 0 Å². The van der Waals surface area contributed by atoms with Crippen molar-refractivity contribution in [1.29, 1.82) is 0 Å². The van der Waals surface area contributed by atoms with Crippen LogP contribution in [0.15, 0.2) is 59.2 Å². The molecule has 0 spiro atoms. The normalized spacial score (nSPS) is 11.3. The number of furan rings is 1. The van der Waals surface area contributed by atoms with Crippen LogP contribution in [0.2, 0.25) is 0 Å². The molecule has 3 heteroatoms. The van der Waals surface area contributed by atoms with Crippen LogP contribution < -0.4 is 0 Å². The highest BCUT2D eigenvalue weighted by Crippen LogP contribution is 2.29. The average Bonchev–Trinajstić information content (AvgIpc) is 3.02. The quantitative estimate of drug-likeness (QED) is 0.541. The summed E-state index contributed by atoms with van der Waals surface area (Å²) in [7, 11) is 0. The highest BCUT2D eigenvalue weighted by Gasteiger charge is 2.12. The molecule has 4 aromatic rings. The molecule has 0 amide bonds. The Balaban J connectivity index is 2.01. The number of hydrogen-bond acceptors (Lipinski definition) is 2. The summed E-state index contributed by atoms with van der Waals surface area (Å²) in [5, 5.41) is 2.17. The standard InChI is InChI=1S/C15H10N2O/c1-2-6-11-10(5-1)9-18-14(11)15-16-12-7-3-4-8-13(12)17-15/h1-9H,(H,16,17). The van der Waals surface area contributed by atoms with Crippen molar-refractivity contribution in [2.45, 2.75) is 0 Å². The van der Waals surface area contributed by atoms with Crippen LogP contribution in [0, 0.1) is 0 Å². The smallest absolute Gasteiger partial charge is 0.177 e. The van der Waals surface area contributed by atoms with E-state index < -0.39 is 0 Å². The fraction of sp³-hybridized carbons (Fsp3) is 0. The van der Waals surface area contributed by atoms with Gasteiger partial charge in [-0.25, -0.2) is 4.98 Å². The molecule has 0 saturated carbocycles. The van der Waals surface area contributed by atoms with Gasteiger partial charge in [0, 0.05) is 10.8 Å². The first kappa shape index (κ1) is 9.48. The first-order valence-electron chi connectivity index (χ1n) is 5.83. The zero-order chi connectivity index (χ0) is 11.9. The van der Waals surface area contributed by atoms with Crippen molar-refractivity contribution >= 4 is 21.8 Å². The van der Waals surface area contributed by atoms with Crippen LogP contribution in [0.25, 0.3) is 33.4 Å². The number of fused-ring (bicyclic) bond motifs is 2. The molecule has 0 aliphatic carbocycles. The second kappa shape index (κ2) is 3.47. The molecule has 18 heavy (non-hydrogen) atoms. The van der Waals surface area contributed by atoms with Crippen LogP contribution in [0.3, 0.4) is 0 Å². The Bertz CT molecular complexity index is 809. The molecular formula is C15H10N2O. The van der Waals surface area contributed by atoms with Crippen molar-refractivity contribution in [3.05, 3.63) is 54.8 Å². The van der Waals surface area contributed by atoms with Crippen LogP contribution in [0.5, 0.6) is 0 Å². The number of nitrogens with zero attached hydrogens (tertiary/aromatic N) is 1. The number of aromatic amines is 1. The molecule has 2 aromatic carbocycles. The van der Waals surface area contributed by atoms with E-state index in [1.807, 2.05) is 48.5 Å². The van der Waals surface area contributed by atoms with Crippen LogP contribution in [-0.4, -0.2) is 9.97 Å². The molecule has 0 radical (unpaired) electrons. The maximum Gasteiger partial charge on any atom is 0.177 e. The third-order valence-electron chi connectivity index (χ3n) is 3.11. The Morgan fingerprint density at radius 3 is 2.72 bits per heavy atom. The molecule has 0 saturated heterocycles. The Hall–Kier alpha value is -2.55. The minimum atomic E-state index is 0.775. The minimum absolute atomic E-state index is 0.775. The molecule has 4 rings (SSSR count). The van der Waals surface area contributed by atoms with Crippen LogP contribution >= 0.6 is 0 Å². The van der Waals surface area contributed by atoms with Crippen molar-refractivity contribution < 1.29 is 4.42 Å². The van der Waals surface area contributed by atoms with E-state index in [0.29, 0.717) is 0 Å². The van der Waals surface area contributed by atoms with Crippen molar-refractivity contribution in [1.82, 2.24) is 9.97 Å². The number of benzene rings is 2. The molecule has 0 aliphatic heterocycles. The second-order valence-corrected chi connectivity index (χ2v) is 4.25. The molecular weight excluding hydrogens is 224 g/mol. The van der Waals surface area contributed by atoms with Gasteiger partial charge in [0.1, 0.15) is 0 Å². The molecule has 2 heterocycles. The topological polar surface area (TPSA) is 41.8 Å². The molecule has 2 aromatic heterocycles. The van der Waals surface area contributed by atoms with Crippen LogP contribution in [0.4, 0.5) is 0 Å². The van der Waals surface area contributed by atoms with Gasteiger partial charge in [0.05, 0.1) is 17.3 Å². The number of nitrogens with one attached hydrogen (secondary N) is 1. The molecule has 86 valence electrons. The zero-order valence-electron chi connectivity index (χ0n) is 9.55.